The second-order valence-corrected chi connectivity index (χ2v) is 8.04. The normalized spacial score (nSPS) is 25.1. The summed E-state index contributed by atoms with van der Waals surface area (Å²) in [5.74, 6) is 1.30. The van der Waals surface area contributed by atoms with Crippen molar-refractivity contribution in [2.24, 2.45) is 16.3 Å². The van der Waals surface area contributed by atoms with Crippen molar-refractivity contribution < 1.29 is 9.53 Å². The molecule has 0 saturated heterocycles. The first kappa shape index (κ1) is 20.0. The molecule has 2 N–H and O–H groups in total. The quantitative estimate of drug-likeness (QED) is 0.543. The highest BCUT2D eigenvalue weighted by Crippen LogP contribution is 2.54. The van der Waals surface area contributed by atoms with Crippen molar-refractivity contribution in [2.45, 2.75) is 65.0 Å². The van der Waals surface area contributed by atoms with Crippen LogP contribution < -0.4 is 10.6 Å². The molecule has 0 radical (unpaired) electrons. The minimum Gasteiger partial charge on any atom is -0.378 e. The summed E-state index contributed by atoms with van der Waals surface area (Å²) in [4.78, 5) is 18.0. The predicted molar refractivity (Wildman–Crippen MR) is 102 cm³/mol. The fourth-order valence-electron chi connectivity index (χ4n) is 4.00. The number of aliphatic imine (C=N–C) groups is 1. The standard InChI is InChI=1S/C19H36N4O2/c1-6-25-16-11-15(19(16)9-7-8-10-19)22-18(20-12-14(2)3)21-13-17(24)23(4)5/h14-16H,6-13H2,1-5H3,(H2,20,21,22). The van der Waals surface area contributed by atoms with E-state index in [1.54, 1.807) is 19.0 Å². The predicted octanol–water partition coefficient (Wildman–Crippen LogP) is 2.00. The average Bonchev–Trinajstić information content (AvgIpc) is 3.08. The lowest BCUT2D eigenvalue weighted by Gasteiger charge is -2.54. The van der Waals surface area contributed by atoms with Gasteiger partial charge in [0.05, 0.1) is 6.10 Å². The molecule has 2 saturated carbocycles. The highest BCUT2D eigenvalue weighted by atomic mass is 16.5. The zero-order chi connectivity index (χ0) is 18.4. The Morgan fingerprint density at radius 1 is 1.32 bits per heavy atom. The highest BCUT2D eigenvalue weighted by Gasteiger charge is 2.56. The molecule has 0 aliphatic heterocycles. The first-order chi connectivity index (χ1) is 11.9. The zero-order valence-corrected chi connectivity index (χ0v) is 16.6. The summed E-state index contributed by atoms with van der Waals surface area (Å²) >= 11 is 0. The molecule has 2 rings (SSSR count). The van der Waals surface area contributed by atoms with Gasteiger partial charge < -0.3 is 20.3 Å². The molecule has 0 aromatic heterocycles. The van der Waals surface area contributed by atoms with Gasteiger partial charge in [-0.3, -0.25) is 4.79 Å². The van der Waals surface area contributed by atoms with E-state index in [0.717, 1.165) is 25.5 Å². The molecule has 2 aliphatic rings. The lowest BCUT2D eigenvalue weighted by molar-refractivity contribution is -0.127. The second-order valence-electron chi connectivity index (χ2n) is 8.04. The van der Waals surface area contributed by atoms with Crippen LogP contribution in [0.25, 0.3) is 0 Å². The van der Waals surface area contributed by atoms with Crippen LogP contribution >= 0.6 is 0 Å². The molecule has 0 heterocycles. The van der Waals surface area contributed by atoms with Gasteiger partial charge in [-0.25, -0.2) is 4.99 Å². The fourth-order valence-corrected chi connectivity index (χ4v) is 4.00. The van der Waals surface area contributed by atoms with Crippen molar-refractivity contribution in [2.75, 3.05) is 33.8 Å². The van der Waals surface area contributed by atoms with Crippen molar-refractivity contribution in [3.63, 3.8) is 0 Å². The van der Waals surface area contributed by atoms with E-state index in [9.17, 15) is 4.79 Å². The molecule has 2 unspecified atom stereocenters. The summed E-state index contributed by atoms with van der Waals surface area (Å²) in [6.45, 7) is 8.22. The molecule has 2 fully saturated rings. The number of hydrogen-bond donors (Lipinski definition) is 2. The van der Waals surface area contributed by atoms with E-state index in [0.29, 0.717) is 18.1 Å². The molecule has 6 heteroatoms. The highest BCUT2D eigenvalue weighted by molar-refractivity contribution is 5.85. The number of nitrogens with zero attached hydrogens (tertiary/aromatic N) is 2. The Morgan fingerprint density at radius 3 is 2.56 bits per heavy atom. The monoisotopic (exact) mass is 352 g/mol. The van der Waals surface area contributed by atoms with Crippen LogP contribution in [0.3, 0.4) is 0 Å². The second kappa shape index (κ2) is 8.88. The molecule has 0 aromatic rings. The largest absolute Gasteiger partial charge is 0.378 e. The van der Waals surface area contributed by atoms with E-state index in [4.69, 9.17) is 4.74 Å². The van der Waals surface area contributed by atoms with Crippen molar-refractivity contribution in [3.05, 3.63) is 0 Å². The van der Waals surface area contributed by atoms with E-state index in [1.165, 1.54) is 25.7 Å². The Bertz CT molecular complexity index is 470. The number of ether oxygens (including phenoxy) is 1. The number of likely N-dealkylation sites (N-methyl/N-ethyl adjacent to an activating group) is 1. The third kappa shape index (κ3) is 4.87. The van der Waals surface area contributed by atoms with Crippen LogP contribution in [0.2, 0.25) is 0 Å². The van der Waals surface area contributed by atoms with E-state index >= 15 is 0 Å². The third-order valence-corrected chi connectivity index (χ3v) is 5.55. The number of carbonyl (C=O) groups is 1. The maximum absolute atomic E-state index is 11.9. The number of rotatable bonds is 7. The van der Waals surface area contributed by atoms with Crippen LogP contribution in [0.1, 0.15) is 52.9 Å². The Morgan fingerprint density at radius 2 is 2.00 bits per heavy atom. The Labute approximate surface area is 152 Å². The van der Waals surface area contributed by atoms with Crippen LogP contribution in [0.15, 0.2) is 4.99 Å². The number of guanidine groups is 1. The Kier molecular flexibility index (Phi) is 7.11. The fraction of sp³-hybridized carbons (Fsp3) is 0.895. The topological polar surface area (TPSA) is 66.0 Å². The summed E-state index contributed by atoms with van der Waals surface area (Å²) in [6.07, 6.45) is 6.41. The van der Waals surface area contributed by atoms with E-state index in [1.807, 2.05) is 0 Å². The van der Waals surface area contributed by atoms with Crippen molar-refractivity contribution in [1.29, 1.82) is 0 Å². The molecule has 144 valence electrons. The van der Waals surface area contributed by atoms with Crippen LogP contribution in [0, 0.1) is 11.3 Å². The smallest absolute Gasteiger partial charge is 0.243 e. The summed E-state index contributed by atoms with van der Waals surface area (Å²) in [7, 11) is 3.53. The molecule has 0 aromatic carbocycles. The van der Waals surface area contributed by atoms with Crippen LogP contribution in [0.4, 0.5) is 0 Å². The minimum atomic E-state index is 0.0158. The number of carbonyl (C=O) groups excluding carboxylic acids is 1. The molecule has 2 atom stereocenters. The van der Waals surface area contributed by atoms with Crippen molar-refractivity contribution in [3.8, 4) is 0 Å². The maximum atomic E-state index is 11.9. The van der Waals surface area contributed by atoms with Gasteiger partial charge in [0.2, 0.25) is 5.91 Å². The molecular weight excluding hydrogens is 316 g/mol. The molecule has 1 spiro atoms. The number of nitrogens with one attached hydrogen (secondary N) is 2. The van der Waals surface area contributed by atoms with Gasteiger partial charge in [-0.15, -0.1) is 0 Å². The van der Waals surface area contributed by atoms with Gasteiger partial charge in [-0.05, 0) is 32.1 Å². The first-order valence-electron chi connectivity index (χ1n) is 9.75. The summed E-state index contributed by atoms with van der Waals surface area (Å²) in [5, 5.41) is 7.01. The van der Waals surface area contributed by atoms with Crippen LogP contribution in [0.5, 0.6) is 0 Å². The lowest BCUT2D eigenvalue weighted by Crippen LogP contribution is -2.65. The molecule has 1 amide bonds. The Hall–Kier alpha value is -1.30. The van der Waals surface area contributed by atoms with Gasteiger partial charge in [-0.2, -0.15) is 0 Å². The summed E-state index contributed by atoms with van der Waals surface area (Å²) in [5.41, 5.74) is 0.252. The minimum absolute atomic E-state index is 0.0158. The average molecular weight is 353 g/mol. The van der Waals surface area contributed by atoms with Gasteiger partial charge in [0.25, 0.3) is 0 Å². The molecule has 25 heavy (non-hydrogen) atoms. The summed E-state index contributed by atoms with van der Waals surface area (Å²) in [6, 6.07) is 0.388. The van der Waals surface area contributed by atoms with Gasteiger partial charge in [-0.1, -0.05) is 26.7 Å². The number of hydrogen-bond acceptors (Lipinski definition) is 3. The van der Waals surface area contributed by atoms with Crippen LogP contribution in [-0.4, -0.2) is 62.7 Å². The van der Waals surface area contributed by atoms with Gasteiger partial charge >= 0.3 is 0 Å². The van der Waals surface area contributed by atoms with Gasteiger partial charge in [0.1, 0.15) is 6.54 Å². The van der Waals surface area contributed by atoms with Gasteiger partial charge in [0.15, 0.2) is 5.96 Å². The van der Waals surface area contributed by atoms with Gasteiger partial charge in [0, 0.05) is 38.7 Å². The molecular formula is C19H36N4O2. The van der Waals surface area contributed by atoms with Crippen molar-refractivity contribution >= 4 is 11.9 Å². The van der Waals surface area contributed by atoms with E-state index in [2.05, 4.69) is 36.4 Å². The third-order valence-electron chi connectivity index (χ3n) is 5.55. The van der Waals surface area contributed by atoms with E-state index < -0.39 is 0 Å². The molecule has 2 aliphatic carbocycles. The summed E-state index contributed by atoms with van der Waals surface area (Å²) < 4.78 is 5.99. The van der Waals surface area contributed by atoms with E-state index in [-0.39, 0.29) is 17.9 Å². The first-order valence-corrected chi connectivity index (χ1v) is 9.75. The molecule has 6 nitrogen and oxygen atoms in total. The lowest BCUT2D eigenvalue weighted by atomic mass is 9.60. The SMILES string of the molecule is CCOC1CC(NC(=NCC(=O)N(C)C)NCC(C)C)C12CCCC2. The Balaban J connectivity index is 2.02. The zero-order valence-electron chi connectivity index (χ0n) is 16.6. The van der Waals surface area contributed by atoms with Crippen molar-refractivity contribution in [1.82, 2.24) is 15.5 Å². The maximum Gasteiger partial charge on any atom is 0.243 e. The molecule has 0 bridgehead atoms. The number of amides is 1. The van der Waals surface area contributed by atoms with Crippen LogP contribution in [-0.2, 0) is 9.53 Å².